The van der Waals surface area contributed by atoms with Crippen LogP contribution in [0.5, 0.6) is 0 Å². The summed E-state index contributed by atoms with van der Waals surface area (Å²) < 4.78 is 63.5. The molecule has 1 rings (SSSR count). The average molecular weight is 312 g/mol. The van der Waals surface area contributed by atoms with Crippen molar-refractivity contribution in [3.8, 4) is 0 Å². The maximum Gasteiger partial charge on any atom is 0.449 e. The molecule has 118 valence electrons. The van der Waals surface area contributed by atoms with E-state index in [0.29, 0.717) is 5.56 Å². The maximum atomic E-state index is 13.4. The number of aliphatic hydroxyl groups excluding tert-OH is 1. The second-order valence-corrected chi connectivity index (χ2v) is 4.46. The summed E-state index contributed by atoms with van der Waals surface area (Å²) in [7, 11) is 0. The predicted octanol–water partition coefficient (Wildman–Crippen LogP) is 2.11. The van der Waals surface area contributed by atoms with E-state index in [1.54, 1.807) is 0 Å². The first kappa shape index (κ1) is 17.5. The van der Waals surface area contributed by atoms with Gasteiger partial charge in [0.2, 0.25) is 0 Å². The van der Waals surface area contributed by atoms with Crippen LogP contribution in [0.1, 0.15) is 11.1 Å². The number of hydrogen-bond acceptors (Lipinski definition) is 3. The maximum absolute atomic E-state index is 13.4. The number of alkyl halides is 5. The molecule has 0 amide bonds. The monoisotopic (exact) mass is 312 g/mol. The van der Waals surface area contributed by atoms with E-state index >= 15 is 0 Å². The SMILES string of the molecule is C=Cc1ccc(CC(O)C(F)(F)C(O)(O)C(F)(F)F)cc1. The van der Waals surface area contributed by atoms with Gasteiger partial charge in [-0.2, -0.15) is 22.0 Å². The van der Waals surface area contributed by atoms with Crippen molar-refractivity contribution >= 4 is 6.08 Å². The van der Waals surface area contributed by atoms with Gasteiger partial charge in [-0.15, -0.1) is 0 Å². The fourth-order valence-electron chi connectivity index (χ4n) is 1.56. The van der Waals surface area contributed by atoms with E-state index in [1.165, 1.54) is 30.3 Å². The summed E-state index contributed by atoms with van der Waals surface area (Å²) in [6.45, 7) is 3.46. The molecule has 1 aromatic rings. The molecule has 0 aliphatic carbocycles. The molecule has 3 nitrogen and oxygen atoms in total. The van der Waals surface area contributed by atoms with E-state index in [2.05, 4.69) is 6.58 Å². The minimum absolute atomic E-state index is 0.103. The van der Waals surface area contributed by atoms with E-state index in [0.717, 1.165) is 0 Å². The first-order valence-electron chi connectivity index (χ1n) is 5.72. The quantitative estimate of drug-likeness (QED) is 0.576. The van der Waals surface area contributed by atoms with Crippen molar-refractivity contribution in [3.63, 3.8) is 0 Å². The van der Waals surface area contributed by atoms with Crippen molar-refractivity contribution in [1.82, 2.24) is 0 Å². The zero-order valence-corrected chi connectivity index (χ0v) is 10.6. The molecule has 21 heavy (non-hydrogen) atoms. The molecule has 0 radical (unpaired) electrons. The Morgan fingerprint density at radius 2 is 1.52 bits per heavy atom. The van der Waals surface area contributed by atoms with Crippen molar-refractivity contribution in [3.05, 3.63) is 42.0 Å². The minimum Gasteiger partial charge on any atom is -0.386 e. The molecule has 3 N–H and O–H groups in total. The van der Waals surface area contributed by atoms with Gasteiger partial charge in [-0.3, -0.25) is 0 Å². The van der Waals surface area contributed by atoms with Crippen LogP contribution in [0.25, 0.3) is 6.08 Å². The highest BCUT2D eigenvalue weighted by Crippen LogP contribution is 2.42. The van der Waals surface area contributed by atoms with Crippen LogP contribution in [0.2, 0.25) is 0 Å². The van der Waals surface area contributed by atoms with E-state index in [1.807, 2.05) is 0 Å². The zero-order valence-electron chi connectivity index (χ0n) is 10.6. The Hall–Kier alpha value is -1.51. The van der Waals surface area contributed by atoms with Gasteiger partial charge in [-0.25, -0.2) is 0 Å². The molecule has 1 atom stereocenters. The predicted molar refractivity (Wildman–Crippen MR) is 64.4 cm³/mol. The second kappa shape index (κ2) is 5.70. The number of halogens is 5. The van der Waals surface area contributed by atoms with Crippen LogP contribution in [-0.4, -0.2) is 39.3 Å². The highest BCUT2D eigenvalue weighted by Gasteiger charge is 2.71. The number of benzene rings is 1. The Balaban J connectivity index is 2.95. The standard InChI is InChI=1S/C13H13F5O3/c1-2-8-3-5-9(6-4-8)7-10(19)11(14,15)12(20,21)13(16,17)18/h2-6,10,19-21H,1,7H2. The topological polar surface area (TPSA) is 60.7 Å². The minimum atomic E-state index is -6.01. The largest absolute Gasteiger partial charge is 0.449 e. The Kier molecular flexibility index (Phi) is 4.76. The smallest absolute Gasteiger partial charge is 0.386 e. The van der Waals surface area contributed by atoms with E-state index in [9.17, 15) is 27.1 Å². The Labute approximate surface area is 117 Å². The van der Waals surface area contributed by atoms with E-state index in [-0.39, 0.29) is 5.56 Å². The summed E-state index contributed by atoms with van der Waals surface area (Å²) in [5, 5.41) is 26.5. The average Bonchev–Trinajstić information content (AvgIpc) is 2.38. The molecule has 0 spiro atoms. The molecule has 0 saturated heterocycles. The molecule has 0 heterocycles. The summed E-state index contributed by atoms with van der Waals surface area (Å²) >= 11 is 0. The molecule has 0 aliphatic heterocycles. The lowest BCUT2D eigenvalue weighted by molar-refractivity contribution is -0.428. The molecule has 0 saturated carbocycles. The Bertz CT molecular complexity index is 494. The highest BCUT2D eigenvalue weighted by molar-refractivity contribution is 5.47. The van der Waals surface area contributed by atoms with E-state index in [4.69, 9.17) is 10.2 Å². The first-order chi connectivity index (χ1) is 9.43. The van der Waals surface area contributed by atoms with Crippen LogP contribution >= 0.6 is 0 Å². The summed E-state index contributed by atoms with van der Waals surface area (Å²) in [5.74, 6) is -10.5. The van der Waals surface area contributed by atoms with Crippen LogP contribution in [0.4, 0.5) is 22.0 Å². The van der Waals surface area contributed by atoms with Gasteiger partial charge < -0.3 is 15.3 Å². The van der Waals surface area contributed by atoms with Crippen molar-refractivity contribution in [1.29, 1.82) is 0 Å². The Morgan fingerprint density at radius 1 is 1.05 bits per heavy atom. The van der Waals surface area contributed by atoms with Crippen molar-refractivity contribution < 1.29 is 37.3 Å². The van der Waals surface area contributed by atoms with Gasteiger partial charge in [0.05, 0.1) is 0 Å². The van der Waals surface area contributed by atoms with Crippen LogP contribution in [0.15, 0.2) is 30.8 Å². The molecule has 1 aromatic carbocycles. The van der Waals surface area contributed by atoms with Gasteiger partial charge in [0, 0.05) is 6.42 Å². The van der Waals surface area contributed by atoms with Crippen molar-refractivity contribution in [2.45, 2.75) is 30.4 Å². The third-order valence-electron chi connectivity index (χ3n) is 2.92. The normalized spacial score (nSPS) is 14.9. The van der Waals surface area contributed by atoms with E-state index < -0.39 is 30.4 Å². The van der Waals surface area contributed by atoms with Crippen molar-refractivity contribution in [2.24, 2.45) is 0 Å². The van der Waals surface area contributed by atoms with Gasteiger partial charge >= 0.3 is 17.9 Å². The molecular weight excluding hydrogens is 299 g/mol. The molecule has 0 aromatic heterocycles. The summed E-state index contributed by atoms with van der Waals surface area (Å²) in [5.41, 5.74) is 0.750. The van der Waals surface area contributed by atoms with Gasteiger partial charge in [-0.05, 0) is 11.1 Å². The second-order valence-electron chi connectivity index (χ2n) is 4.46. The molecule has 1 unspecified atom stereocenters. The molecule has 0 fully saturated rings. The third-order valence-corrected chi connectivity index (χ3v) is 2.92. The van der Waals surface area contributed by atoms with Gasteiger partial charge in [0.25, 0.3) is 0 Å². The summed E-state index contributed by atoms with van der Waals surface area (Å²) in [4.78, 5) is 0. The number of aliphatic hydroxyl groups is 3. The lowest BCUT2D eigenvalue weighted by Gasteiger charge is -2.35. The van der Waals surface area contributed by atoms with Crippen molar-refractivity contribution in [2.75, 3.05) is 0 Å². The molecular formula is C13H13F5O3. The first-order valence-corrected chi connectivity index (χ1v) is 5.72. The lowest BCUT2D eigenvalue weighted by Crippen LogP contribution is -2.63. The molecule has 0 aliphatic rings. The van der Waals surface area contributed by atoms with Gasteiger partial charge in [-0.1, -0.05) is 36.9 Å². The number of rotatable bonds is 5. The molecule has 8 heteroatoms. The highest BCUT2D eigenvalue weighted by atomic mass is 19.4. The van der Waals surface area contributed by atoms with Gasteiger partial charge in [0.15, 0.2) is 0 Å². The van der Waals surface area contributed by atoms with Crippen LogP contribution in [0, 0.1) is 0 Å². The van der Waals surface area contributed by atoms with Gasteiger partial charge in [0.1, 0.15) is 6.10 Å². The van der Waals surface area contributed by atoms with Crippen LogP contribution < -0.4 is 0 Å². The number of hydrogen-bond donors (Lipinski definition) is 3. The lowest BCUT2D eigenvalue weighted by atomic mass is 9.96. The molecule has 0 bridgehead atoms. The fourth-order valence-corrected chi connectivity index (χ4v) is 1.56. The summed E-state index contributed by atoms with van der Waals surface area (Å²) in [6.07, 6.45) is -8.36. The summed E-state index contributed by atoms with van der Waals surface area (Å²) in [6, 6.07) is 5.53. The van der Waals surface area contributed by atoms with Crippen LogP contribution in [-0.2, 0) is 6.42 Å². The Morgan fingerprint density at radius 3 is 1.90 bits per heavy atom. The zero-order chi connectivity index (χ0) is 16.5. The third kappa shape index (κ3) is 3.39. The fraction of sp³-hybridized carbons (Fsp3) is 0.385. The van der Waals surface area contributed by atoms with Crippen LogP contribution in [0.3, 0.4) is 0 Å².